The van der Waals surface area contributed by atoms with E-state index < -0.39 is 0 Å². The van der Waals surface area contributed by atoms with Gasteiger partial charge >= 0.3 is 0 Å². The molecule has 1 aliphatic heterocycles. The Balaban J connectivity index is 2.46. The summed E-state index contributed by atoms with van der Waals surface area (Å²) in [6.07, 6.45) is 1.04. The van der Waals surface area contributed by atoms with Gasteiger partial charge in [0.25, 0.3) is 0 Å². The molecule has 0 aromatic carbocycles. The molecule has 1 saturated heterocycles. The molecule has 0 aliphatic carbocycles. The van der Waals surface area contributed by atoms with Crippen LogP contribution in [0.4, 0.5) is 0 Å². The molecule has 2 atom stereocenters. The number of aliphatic hydroxyl groups is 1. The van der Waals surface area contributed by atoms with Crippen molar-refractivity contribution < 1.29 is 5.11 Å². The van der Waals surface area contributed by atoms with Gasteiger partial charge in [-0.1, -0.05) is 13.8 Å². The topological polar surface area (TPSA) is 23.5 Å². The molecule has 78 valence electrons. The lowest BCUT2D eigenvalue weighted by Gasteiger charge is -2.39. The summed E-state index contributed by atoms with van der Waals surface area (Å²) >= 11 is 0. The van der Waals surface area contributed by atoms with Crippen LogP contribution in [-0.4, -0.2) is 35.2 Å². The van der Waals surface area contributed by atoms with Crippen LogP contribution in [0, 0.1) is 11.8 Å². The van der Waals surface area contributed by atoms with Crippen LogP contribution in [0.25, 0.3) is 0 Å². The second-order valence-electron chi connectivity index (χ2n) is 4.85. The van der Waals surface area contributed by atoms with Gasteiger partial charge in [0, 0.05) is 12.6 Å². The van der Waals surface area contributed by atoms with Gasteiger partial charge in [0.05, 0.1) is 6.10 Å². The van der Waals surface area contributed by atoms with E-state index in [9.17, 15) is 5.11 Å². The standard InChI is InChI=1S/C11H23NO/c1-8(2)10-5-6-12(9(3)4)7-11(10)13/h8-11,13H,5-7H2,1-4H3/t10?,11-/m1/s1. The molecule has 1 N–H and O–H groups in total. The van der Waals surface area contributed by atoms with E-state index in [4.69, 9.17) is 0 Å². The third-order valence-electron chi connectivity index (χ3n) is 3.25. The lowest BCUT2D eigenvalue weighted by molar-refractivity contribution is -0.00764. The van der Waals surface area contributed by atoms with E-state index in [1.807, 2.05) is 0 Å². The minimum absolute atomic E-state index is 0.115. The van der Waals surface area contributed by atoms with Crippen molar-refractivity contribution in [2.75, 3.05) is 13.1 Å². The molecule has 1 aliphatic rings. The van der Waals surface area contributed by atoms with E-state index in [2.05, 4.69) is 32.6 Å². The Bertz CT molecular complexity index is 156. The van der Waals surface area contributed by atoms with Crippen molar-refractivity contribution in [2.24, 2.45) is 11.8 Å². The SMILES string of the molecule is CC(C)C1CCN(C(C)C)C[C@H]1O. The molecule has 0 radical (unpaired) electrons. The predicted octanol–water partition coefficient (Wildman–Crippen LogP) is 1.73. The highest BCUT2D eigenvalue weighted by molar-refractivity contribution is 4.82. The molecular formula is C11H23NO. The summed E-state index contributed by atoms with van der Waals surface area (Å²) in [5.74, 6) is 1.12. The number of hydrogen-bond acceptors (Lipinski definition) is 2. The van der Waals surface area contributed by atoms with Crippen LogP contribution in [0.1, 0.15) is 34.1 Å². The third kappa shape index (κ3) is 2.68. The highest BCUT2D eigenvalue weighted by atomic mass is 16.3. The van der Waals surface area contributed by atoms with Gasteiger partial charge in [0.15, 0.2) is 0 Å². The molecule has 0 amide bonds. The fourth-order valence-electron chi connectivity index (χ4n) is 2.22. The quantitative estimate of drug-likeness (QED) is 0.708. The molecule has 0 spiro atoms. The summed E-state index contributed by atoms with van der Waals surface area (Å²) in [5.41, 5.74) is 0. The minimum atomic E-state index is -0.115. The molecule has 1 rings (SSSR count). The molecule has 2 heteroatoms. The molecule has 2 nitrogen and oxygen atoms in total. The van der Waals surface area contributed by atoms with Crippen molar-refractivity contribution >= 4 is 0 Å². The number of aliphatic hydroxyl groups excluding tert-OH is 1. The van der Waals surface area contributed by atoms with E-state index in [0.717, 1.165) is 19.5 Å². The Morgan fingerprint density at radius 3 is 2.23 bits per heavy atom. The summed E-state index contributed by atoms with van der Waals surface area (Å²) in [4.78, 5) is 2.36. The fraction of sp³-hybridized carbons (Fsp3) is 1.00. The lowest BCUT2D eigenvalue weighted by Crippen LogP contribution is -2.48. The molecule has 1 heterocycles. The second-order valence-corrected chi connectivity index (χ2v) is 4.85. The fourth-order valence-corrected chi connectivity index (χ4v) is 2.22. The van der Waals surface area contributed by atoms with Crippen molar-refractivity contribution in [1.82, 2.24) is 4.90 Å². The number of nitrogens with zero attached hydrogens (tertiary/aromatic N) is 1. The van der Waals surface area contributed by atoms with Crippen molar-refractivity contribution in [2.45, 2.75) is 46.3 Å². The van der Waals surface area contributed by atoms with Crippen LogP contribution in [-0.2, 0) is 0 Å². The van der Waals surface area contributed by atoms with Gasteiger partial charge in [-0.3, -0.25) is 4.90 Å². The number of rotatable bonds is 2. The molecule has 0 bridgehead atoms. The van der Waals surface area contributed by atoms with Crippen LogP contribution in [0.5, 0.6) is 0 Å². The number of hydrogen-bond donors (Lipinski definition) is 1. The Labute approximate surface area is 81.9 Å². The maximum Gasteiger partial charge on any atom is 0.0698 e. The average molecular weight is 185 g/mol. The van der Waals surface area contributed by atoms with Gasteiger partial charge < -0.3 is 5.11 Å². The van der Waals surface area contributed by atoms with Crippen LogP contribution in [0.3, 0.4) is 0 Å². The zero-order valence-electron chi connectivity index (χ0n) is 9.33. The molecule has 0 saturated carbocycles. The molecule has 1 fully saturated rings. The minimum Gasteiger partial charge on any atom is -0.391 e. The van der Waals surface area contributed by atoms with Gasteiger partial charge in [-0.2, -0.15) is 0 Å². The molecule has 0 aromatic rings. The first kappa shape index (κ1) is 11.0. The number of β-amino-alcohol motifs (C(OH)–C–C–N with tert-alkyl or cyclic N) is 1. The first-order chi connectivity index (χ1) is 6.02. The van der Waals surface area contributed by atoms with Gasteiger partial charge in [0.1, 0.15) is 0 Å². The van der Waals surface area contributed by atoms with Crippen molar-refractivity contribution in [3.05, 3.63) is 0 Å². The smallest absolute Gasteiger partial charge is 0.0698 e. The maximum atomic E-state index is 9.92. The van der Waals surface area contributed by atoms with E-state index in [1.165, 1.54) is 0 Å². The van der Waals surface area contributed by atoms with Gasteiger partial charge in [-0.15, -0.1) is 0 Å². The summed E-state index contributed by atoms with van der Waals surface area (Å²) in [6.45, 7) is 10.8. The highest BCUT2D eigenvalue weighted by Gasteiger charge is 2.30. The van der Waals surface area contributed by atoms with E-state index in [-0.39, 0.29) is 6.10 Å². The molecule has 1 unspecified atom stereocenters. The highest BCUT2D eigenvalue weighted by Crippen LogP contribution is 2.25. The van der Waals surface area contributed by atoms with Gasteiger partial charge in [-0.25, -0.2) is 0 Å². The van der Waals surface area contributed by atoms with Crippen LogP contribution in [0.15, 0.2) is 0 Å². The monoisotopic (exact) mass is 185 g/mol. The molecular weight excluding hydrogens is 162 g/mol. The Morgan fingerprint density at radius 2 is 1.85 bits per heavy atom. The number of piperidine rings is 1. The summed E-state index contributed by atoms with van der Waals surface area (Å²) in [5, 5.41) is 9.92. The maximum absolute atomic E-state index is 9.92. The first-order valence-corrected chi connectivity index (χ1v) is 5.44. The average Bonchev–Trinajstić information content (AvgIpc) is 2.03. The second kappa shape index (κ2) is 4.43. The normalized spacial score (nSPS) is 31.6. The van der Waals surface area contributed by atoms with E-state index >= 15 is 0 Å². The van der Waals surface area contributed by atoms with Crippen molar-refractivity contribution in [3.8, 4) is 0 Å². The summed E-state index contributed by atoms with van der Waals surface area (Å²) < 4.78 is 0. The molecule has 0 aromatic heterocycles. The number of likely N-dealkylation sites (tertiary alicyclic amines) is 1. The Kier molecular flexibility index (Phi) is 3.74. The predicted molar refractivity (Wildman–Crippen MR) is 55.7 cm³/mol. The summed E-state index contributed by atoms with van der Waals surface area (Å²) in [6, 6.07) is 0.572. The van der Waals surface area contributed by atoms with Gasteiger partial charge in [0.2, 0.25) is 0 Å². The largest absolute Gasteiger partial charge is 0.391 e. The van der Waals surface area contributed by atoms with Crippen LogP contribution < -0.4 is 0 Å². The third-order valence-corrected chi connectivity index (χ3v) is 3.25. The Hall–Kier alpha value is -0.0800. The zero-order valence-corrected chi connectivity index (χ0v) is 9.33. The van der Waals surface area contributed by atoms with Crippen LogP contribution in [0.2, 0.25) is 0 Å². The van der Waals surface area contributed by atoms with E-state index in [0.29, 0.717) is 17.9 Å². The van der Waals surface area contributed by atoms with Crippen molar-refractivity contribution in [1.29, 1.82) is 0 Å². The van der Waals surface area contributed by atoms with Crippen LogP contribution >= 0.6 is 0 Å². The summed E-state index contributed by atoms with van der Waals surface area (Å²) in [7, 11) is 0. The zero-order chi connectivity index (χ0) is 10.0. The first-order valence-electron chi connectivity index (χ1n) is 5.44. The van der Waals surface area contributed by atoms with Gasteiger partial charge in [-0.05, 0) is 38.6 Å². The Morgan fingerprint density at radius 1 is 1.23 bits per heavy atom. The van der Waals surface area contributed by atoms with Crippen molar-refractivity contribution in [3.63, 3.8) is 0 Å². The molecule has 13 heavy (non-hydrogen) atoms. The lowest BCUT2D eigenvalue weighted by atomic mass is 9.84. The van der Waals surface area contributed by atoms with E-state index in [1.54, 1.807) is 0 Å².